The number of hydrogen-bond acceptors (Lipinski definition) is 3. The van der Waals surface area contributed by atoms with Crippen LogP contribution >= 0.6 is 0 Å². The van der Waals surface area contributed by atoms with Crippen LogP contribution < -0.4 is 10.7 Å². The van der Waals surface area contributed by atoms with Crippen molar-refractivity contribution in [2.75, 3.05) is 0 Å². The van der Waals surface area contributed by atoms with Crippen molar-refractivity contribution in [1.82, 2.24) is 15.1 Å². The maximum absolute atomic E-state index is 13.4. The van der Waals surface area contributed by atoms with Crippen molar-refractivity contribution < 1.29 is 18.0 Å². The average Bonchev–Trinajstić information content (AvgIpc) is 2.63. The van der Waals surface area contributed by atoms with Gasteiger partial charge >= 0.3 is 6.18 Å². The second-order valence-corrected chi connectivity index (χ2v) is 7.36. The molecular weight excluding hydrogens is 371 g/mol. The Morgan fingerprint density at radius 2 is 1.82 bits per heavy atom. The first-order valence-electron chi connectivity index (χ1n) is 9.25. The Balaban J connectivity index is 1.96. The summed E-state index contributed by atoms with van der Waals surface area (Å²) >= 11 is 0. The predicted octanol–water partition coefficient (Wildman–Crippen LogP) is 3.87. The van der Waals surface area contributed by atoms with Crippen LogP contribution in [0.25, 0.3) is 5.69 Å². The molecule has 0 unspecified atom stereocenters. The van der Waals surface area contributed by atoms with Crippen LogP contribution in [-0.4, -0.2) is 21.7 Å². The molecule has 1 amide bonds. The first-order chi connectivity index (χ1) is 13.2. The molecule has 1 N–H and O–H groups in total. The van der Waals surface area contributed by atoms with Crippen molar-refractivity contribution in [2.24, 2.45) is 5.92 Å². The number of halogens is 3. The summed E-state index contributed by atoms with van der Waals surface area (Å²) in [6, 6.07) is 6.02. The van der Waals surface area contributed by atoms with Crippen molar-refractivity contribution in [3.8, 4) is 5.69 Å². The van der Waals surface area contributed by atoms with Gasteiger partial charge in [0.25, 0.3) is 5.91 Å². The maximum atomic E-state index is 13.4. The van der Waals surface area contributed by atoms with Crippen LogP contribution in [0.1, 0.15) is 54.4 Å². The minimum Gasteiger partial charge on any atom is -0.348 e. The molecule has 1 fully saturated rings. The normalized spacial score (nSPS) is 20.0. The van der Waals surface area contributed by atoms with Crippen LogP contribution in [0.2, 0.25) is 0 Å². The van der Waals surface area contributed by atoms with Gasteiger partial charge in [0.05, 0.1) is 11.3 Å². The highest BCUT2D eigenvalue weighted by Crippen LogP contribution is 2.33. The number of hydrogen-bond donors (Lipinski definition) is 1. The van der Waals surface area contributed by atoms with E-state index >= 15 is 0 Å². The fourth-order valence-electron chi connectivity index (χ4n) is 3.50. The fraction of sp³-hybridized carbons (Fsp3) is 0.450. The highest BCUT2D eigenvalue weighted by Gasteiger charge is 2.34. The predicted molar refractivity (Wildman–Crippen MR) is 98.5 cm³/mol. The van der Waals surface area contributed by atoms with Crippen LogP contribution in [-0.2, 0) is 6.18 Å². The van der Waals surface area contributed by atoms with E-state index in [1.165, 1.54) is 25.1 Å². The molecule has 0 radical (unpaired) electrons. The third-order valence-electron chi connectivity index (χ3n) is 5.11. The van der Waals surface area contributed by atoms with Gasteiger partial charge in [-0.25, -0.2) is 4.68 Å². The number of carbonyl (C=O) groups is 1. The highest BCUT2D eigenvalue weighted by molar-refractivity contribution is 5.92. The van der Waals surface area contributed by atoms with Gasteiger partial charge in [-0.2, -0.15) is 18.3 Å². The zero-order chi connectivity index (χ0) is 20.5. The van der Waals surface area contributed by atoms with E-state index in [9.17, 15) is 22.8 Å². The molecular formula is C20H22F3N3O2. The summed E-state index contributed by atoms with van der Waals surface area (Å²) < 4.78 is 41.1. The number of aromatic nitrogens is 2. The zero-order valence-corrected chi connectivity index (χ0v) is 15.7. The largest absolute Gasteiger partial charge is 0.418 e. The first-order valence-corrected chi connectivity index (χ1v) is 9.25. The quantitative estimate of drug-likeness (QED) is 0.861. The molecule has 1 saturated carbocycles. The van der Waals surface area contributed by atoms with Crippen molar-refractivity contribution in [3.05, 3.63) is 57.5 Å². The summed E-state index contributed by atoms with van der Waals surface area (Å²) in [5.41, 5.74) is -1.92. The monoisotopic (exact) mass is 393 g/mol. The minimum atomic E-state index is -4.59. The van der Waals surface area contributed by atoms with Gasteiger partial charge in [-0.3, -0.25) is 9.59 Å². The standard InChI is InChI=1S/C20H22F3N3O2/c1-12-7-9-14(10-8-12)24-19(28)18-17(27)11-13(2)26(25-18)16-6-4-3-5-15(16)20(21,22)23/h3-6,11-12,14H,7-10H2,1-2H3,(H,24,28). The summed E-state index contributed by atoms with van der Waals surface area (Å²) in [4.78, 5) is 24.9. The number of rotatable bonds is 3. The molecule has 28 heavy (non-hydrogen) atoms. The van der Waals surface area contributed by atoms with Crippen molar-refractivity contribution in [1.29, 1.82) is 0 Å². The molecule has 150 valence electrons. The molecule has 0 saturated heterocycles. The van der Waals surface area contributed by atoms with Gasteiger partial charge in [-0.15, -0.1) is 0 Å². The Labute approximate surface area is 160 Å². The summed E-state index contributed by atoms with van der Waals surface area (Å²) in [5, 5.41) is 6.79. The van der Waals surface area contributed by atoms with E-state index in [2.05, 4.69) is 17.3 Å². The average molecular weight is 393 g/mol. The SMILES string of the molecule is Cc1cc(=O)c(C(=O)NC2CCC(C)CC2)nn1-c1ccccc1C(F)(F)F. The van der Waals surface area contributed by atoms with E-state index < -0.39 is 28.8 Å². The zero-order valence-electron chi connectivity index (χ0n) is 15.7. The molecule has 0 aliphatic heterocycles. The van der Waals surface area contributed by atoms with Gasteiger partial charge in [0, 0.05) is 17.8 Å². The molecule has 1 aliphatic rings. The molecule has 0 bridgehead atoms. The molecule has 5 nitrogen and oxygen atoms in total. The molecule has 8 heteroatoms. The van der Waals surface area contributed by atoms with E-state index in [1.54, 1.807) is 0 Å². The third kappa shape index (κ3) is 4.26. The van der Waals surface area contributed by atoms with E-state index in [0.29, 0.717) is 5.92 Å². The molecule has 0 spiro atoms. The van der Waals surface area contributed by atoms with Crippen LogP contribution in [0.3, 0.4) is 0 Å². The van der Waals surface area contributed by atoms with E-state index in [1.807, 2.05) is 0 Å². The van der Waals surface area contributed by atoms with E-state index in [4.69, 9.17) is 0 Å². The van der Waals surface area contributed by atoms with Gasteiger partial charge in [0.2, 0.25) is 5.43 Å². The van der Waals surface area contributed by atoms with Gasteiger partial charge in [-0.1, -0.05) is 19.1 Å². The highest BCUT2D eigenvalue weighted by atomic mass is 19.4. The van der Waals surface area contributed by atoms with Gasteiger partial charge in [-0.05, 0) is 50.7 Å². The third-order valence-corrected chi connectivity index (χ3v) is 5.11. The lowest BCUT2D eigenvalue weighted by Gasteiger charge is -2.26. The molecule has 1 aromatic heterocycles. The summed E-state index contributed by atoms with van der Waals surface area (Å²) in [6.07, 6.45) is -1.01. The summed E-state index contributed by atoms with van der Waals surface area (Å²) in [6.45, 7) is 3.63. The molecule has 2 aromatic rings. The maximum Gasteiger partial charge on any atom is 0.418 e. The number of alkyl halides is 3. The lowest BCUT2D eigenvalue weighted by molar-refractivity contribution is -0.137. The van der Waals surface area contributed by atoms with Crippen LogP contribution in [0.4, 0.5) is 13.2 Å². The molecule has 0 atom stereocenters. The number of nitrogens with one attached hydrogen (secondary N) is 1. The van der Waals surface area contributed by atoms with Crippen molar-refractivity contribution >= 4 is 5.91 Å². The molecule has 3 rings (SSSR count). The summed E-state index contributed by atoms with van der Waals surface area (Å²) in [5.74, 6) is -0.0513. The van der Waals surface area contributed by atoms with Crippen LogP contribution in [0.5, 0.6) is 0 Å². The lowest BCUT2D eigenvalue weighted by atomic mass is 9.87. The Kier molecular flexibility index (Phi) is 5.58. The Morgan fingerprint density at radius 3 is 2.46 bits per heavy atom. The van der Waals surface area contributed by atoms with E-state index in [0.717, 1.165) is 42.5 Å². The number of benzene rings is 1. The minimum absolute atomic E-state index is 0.0536. The van der Waals surface area contributed by atoms with E-state index in [-0.39, 0.29) is 17.4 Å². The molecule has 1 heterocycles. The fourth-order valence-corrected chi connectivity index (χ4v) is 3.50. The molecule has 1 aliphatic carbocycles. The number of nitrogens with zero attached hydrogens (tertiary/aromatic N) is 2. The lowest BCUT2D eigenvalue weighted by Crippen LogP contribution is -2.40. The topological polar surface area (TPSA) is 64.0 Å². The van der Waals surface area contributed by atoms with Gasteiger partial charge < -0.3 is 5.32 Å². The second kappa shape index (κ2) is 7.77. The number of aryl methyl sites for hydroxylation is 1. The smallest absolute Gasteiger partial charge is 0.348 e. The van der Waals surface area contributed by atoms with Crippen LogP contribution in [0, 0.1) is 12.8 Å². The molecule has 1 aromatic carbocycles. The second-order valence-electron chi connectivity index (χ2n) is 7.36. The van der Waals surface area contributed by atoms with Crippen molar-refractivity contribution in [3.63, 3.8) is 0 Å². The van der Waals surface area contributed by atoms with Gasteiger partial charge in [0.15, 0.2) is 5.69 Å². The Morgan fingerprint density at radius 1 is 1.18 bits per heavy atom. The Bertz CT molecular complexity index is 929. The number of para-hydroxylation sites is 1. The summed E-state index contributed by atoms with van der Waals surface area (Å²) in [7, 11) is 0. The Hall–Kier alpha value is -2.64. The van der Waals surface area contributed by atoms with Gasteiger partial charge in [0.1, 0.15) is 0 Å². The first kappa shape index (κ1) is 20.1. The number of carbonyl (C=O) groups excluding carboxylic acids is 1. The van der Waals surface area contributed by atoms with Crippen LogP contribution in [0.15, 0.2) is 35.1 Å². The van der Waals surface area contributed by atoms with Crippen molar-refractivity contribution in [2.45, 2.75) is 51.7 Å². The number of amides is 1.